The number of fused-ring (bicyclic) bond motifs is 1. The van der Waals surface area contributed by atoms with E-state index in [2.05, 4.69) is 5.32 Å². The Morgan fingerprint density at radius 1 is 1.11 bits per heavy atom. The molecule has 0 spiro atoms. The highest BCUT2D eigenvalue weighted by atomic mass is 35.5. The van der Waals surface area contributed by atoms with Crippen molar-refractivity contribution < 1.29 is 31.9 Å². The molecule has 1 aliphatic heterocycles. The van der Waals surface area contributed by atoms with Crippen molar-refractivity contribution in [3.63, 3.8) is 0 Å². The zero-order valence-corrected chi connectivity index (χ0v) is 22.4. The molecule has 200 valence electrons. The van der Waals surface area contributed by atoms with Crippen molar-refractivity contribution >= 4 is 44.9 Å². The molecular weight excluding hydrogens is 535 g/mol. The molecular formula is C27H26ClFN2O6S. The number of esters is 1. The highest BCUT2D eigenvalue weighted by molar-refractivity contribution is 7.93. The van der Waals surface area contributed by atoms with Gasteiger partial charge in [-0.05, 0) is 74.2 Å². The Labute approximate surface area is 225 Å². The molecule has 3 aromatic carbocycles. The van der Waals surface area contributed by atoms with Crippen LogP contribution in [-0.2, 0) is 21.2 Å². The Hall–Kier alpha value is -3.63. The molecule has 0 aliphatic carbocycles. The minimum atomic E-state index is -4.11. The smallest absolute Gasteiger partial charge is 0.341 e. The third kappa shape index (κ3) is 5.46. The van der Waals surface area contributed by atoms with Gasteiger partial charge in [-0.1, -0.05) is 23.7 Å². The molecule has 38 heavy (non-hydrogen) atoms. The predicted octanol–water partition coefficient (Wildman–Crippen LogP) is 5.45. The van der Waals surface area contributed by atoms with E-state index in [0.717, 1.165) is 12.0 Å². The lowest BCUT2D eigenvalue weighted by atomic mass is 10.0. The highest BCUT2D eigenvalue weighted by Gasteiger charge is 2.31. The standard InChI is InChI=1S/C27H26ClFN2O6S/c1-3-37-27(33)20-8-6-9-21(25(20)29)30-26(32)18-11-10-17-7-4-5-14-31(22(17)15-18)38(34,35)24-16-19(28)12-13-23(24)36-2/h6,8-13,15-16H,3-5,7,14H2,1-2H3,(H,30,32). The minimum absolute atomic E-state index is 0.0739. The molecule has 1 aliphatic rings. The molecule has 11 heteroatoms. The molecule has 0 bridgehead atoms. The van der Waals surface area contributed by atoms with Gasteiger partial charge in [0.05, 0.1) is 30.7 Å². The van der Waals surface area contributed by atoms with Gasteiger partial charge in [0.25, 0.3) is 15.9 Å². The van der Waals surface area contributed by atoms with Crippen LogP contribution in [0.15, 0.2) is 59.5 Å². The van der Waals surface area contributed by atoms with Crippen molar-refractivity contribution in [1.29, 1.82) is 0 Å². The van der Waals surface area contributed by atoms with E-state index < -0.39 is 27.7 Å². The van der Waals surface area contributed by atoms with Crippen molar-refractivity contribution in [2.75, 3.05) is 29.9 Å². The highest BCUT2D eigenvalue weighted by Crippen LogP contribution is 2.36. The van der Waals surface area contributed by atoms with Crippen LogP contribution in [0.2, 0.25) is 5.02 Å². The fourth-order valence-electron chi connectivity index (χ4n) is 4.25. The molecule has 0 unspecified atom stereocenters. The summed E-state index contributed by atoms with van der Waals surface area (Å²) in [4.78, 5) is 25.1. The number of hydrogen-bond donors (Lipinski definition) is 1. The Kier molecular flexibility index (Phi) is 8.23. The molecule has 0 saturated carbocycles. The number of amides is 1. The molecule has 0 atom stereocenters. The molecule has 1 amide bonds. The monoisotopic (exact) mass is 560 g/mol. The van der Waals surface area contributed by atoms with Gasteiger partial charge in [-0.15, -0.1) is 0 Å². The average Bonchev–Trinajstić information content (AvgIpc) is 3.12. The molecule has 0 aromatic heterocycles. The summed E-state index contributed by atoms with van der Waals surface area (Å²) in [7, 11) is -2.74. The lowest BCUT2D eigenvalue weighted by Crippen LogP contribution is -2.32. The molecule has 0 saturated heterocycles. The number of rotatable bonds is 7. The van der Waals surface area contributed by atoms with E-state index in [-0.39, 0.29) is 45.6 Å². The molecule has 1 heterocycles. The molecule has 0 fully saturated rings. The van der Waals surface area contributed by atoms with Crippen LogP contribution in [0, 0.1) is 5.82 Å². The van der Waals surface area contributed by atoms with Crippen LogP contribution in [0.3, 0.4) is 0 Å². The second kappa shape index (κ2) is 11.4. The van der Waals surface area contributed by atoms with Crippen LogP contribution in [0.5, 0.6) is 5.75 Å². The van der Waals surface area contributed by atoms with Gasteiger partial charge >= 0.3 is 5.97 Å². The molecule has 3 aromatic rings. The van der Waals surface area contributed by atoms with Crippen molar-refractivity contribution in [1.82, 2.24) is 0 Å². The Balaban J connectivity index is 1.71. The van der Waals surface area contributed by atoms with Gasteiger partial charge in [-0.2, -0.15) is 0 Å². The lowest BCUT2D eigenvalue weighted by Gasteiger charge is -2.26. The largest absolute Gasteiger partial charge is 0.495 e. The number of anilines is 2. The first-order chi connectivity index (χ1) is 18.2. The summed E-state index contributed by atoms with van der Waals surface area (Å²) in [5.74, 6) is -2.30. The number of hydrogen-bond acceptors (Lipinski definition) is 6. The first-order valence-electron chi connectivity index (χ1n) is 11.9. The Morgan fingerprint density at radius 3 is 2.63 bits per heavy atom. The maximum atomic E-state index is 14.9. The van der Waals surface area contributed by atoms with Crippen LogP contribution in [0.25, 0.3) is 0 Å². The first-order valence-corrected chi connectivity index (χ1v) is 13.8. The summed E-state index contributed by atoms with van der Waals surface area (Å²) in [6, 6.07) is 13.1. The normalized spacial score (nSPS) is 13.3. The van der Waals surface area contributed by atoms with E-state index >= 15 is 0 Å². The lowest BCUT2D eigenvalue weighted by molar-refractivity contribution is 0.0521. The van der Waals surface area contributed by atoms with Crippen LogP contribution in [0.4, 0.5) is 15.8 Å². The maximum Gasteiger partial charge on any atom is 0.341 e. The van der Waals surface area contributed by atoms with Crippen LogP contribution < -0.4 is 14.4 Å². The van der Waals surface area contributed by atoms with Gasteiger partial charge in [0.2, 0.25) is 0 Å². The molecule has 8 nitrogen and oxygen atoms in total. The van der Waals surface area contributed by atoms with Gasteiger partial charge in [-0.25, -0.2) is 17.6 Å². The number of carbonyl (C=O) groups excluding carboxylic acids is 2. The summed E-state index contributed by atoms with van der Waals surface area (Å²) in [5, 5.41) is 2.71. The summed E-state index contributed by atoms with van der Waals surface area (Å²) in [6.07, 6.45) is 1.97. The van der Waals surface area contributed by atoms with Crippen molar-refractivity contribution in [3.05, 3.63) is 82.1 Å². The van der Waals surface area contributed by atoms with Crippen molar-refractivity contribution in [2.45, 2.75) is 31.1 Å². The second-order valence-corrected chi connectivity index (χ2v) is 10.8. The summed E-state index contributed by atoms with van der Waals surface area (Å²) in [6.45, 7) is 1.86. The second-order valence-electron chi connectivity index (χ2n) is 8.51. The quantitative estimate of drug-likeness (QED) is 0.386. The number of aryl methyl sites for hydroxylation is 1. The minimum Gasteiger partial charge on any atom is -0.495 e. The van der Waals surface area contributed by atoms with E-state index in [4.69, 9.17) is 21.1 Å². The van der Waals surface area contributed by atoms with Crippen LogP contribution >= 0.6 is 11.6 Å². The number of benzene rings is 3. The van der Waals surface area contributed by atoms with Gasteiger partial charge in [0.1, 0.15) is 10.6 Å². The number of carbonyl (C=O) groups is 2. The number of nitrogens with zero attached hydrogens (tertiary/aromatic N) is 1. The average molecular weight is 561 g/mol. The van der Waals surface area contributed by atoms with Gasteiger partial charge < -0.3 is 14.8 Å². The van der Waals surface area contributed by atoms with E-state index in [0.29, 0.717) is 18.5 Å². The summed E-state index contributed by atoms with van der Waals surface area (Å²) in [5.41, 5.74) is 0.699. The SMILES string of the molecule is CCOC(=O)c1cccc(NC(=O)c2ccc3c(c2)N(S(=O)(=O)c2cc(Cl)ccc2OC)CCCC3)c1F. The number of ether oxygens (including phenoxy) is 2. The maximum absolute atomic E-state index is 14.9. The third-order valence-electron chi connectivity index (χ3n) is 6.11. The number of sulfonamides is 1. The number of methoxy groups -OCH3 is 1. The topological polar surface area (TPSA) is 102 Å². The number of halogens is 2. The fraction of sp³-hybridized carbons (Fsp3) is 0.259. The summed E-state index contributed by atoms with van der Waals surface area (Å²) < 4.78 is 53.9. The molecule has 1 N–H and O–H groups in total. The van der Waals surface area contributed by atoms with Gasteiger partial charge in [0, 0.05) is 17.1 Å². The predicted molar refractivity (Wildman–Crippen MR) is 142 cm³/mol. The summed E-state index contributed by atoms with van der Waals surface area (Å²) >= 11 is 6.10. The molecule has 0 radical (unpaired) electrons. The number of nitrogens with one attached hydrogen (secondary N) is 1. The van der Waals surface area contributed by atoms with Crippen molar-refractivity contribution in [2.24, 2.45) is 0 Å². The first kappa shape index (κ1) is 27.4. The Morgan fingerprint density at radius 2 is 1.89 bits per heavy atom. The zero-order chi connectivity index (χ0) is 27.4. The van der Waals surface area contributed by atoms with E-state index in [1.54, 1.807) is 19.1 Å². The van der Waals surface area contributed by atoms with Crippen LogP contribution in [0.1, 0.15) is 46.0 Å². The van der Waals surface area contributed by atoms with Crippen molar-refractivity contribution in [3.8, 4) is 5.75 Å². The van der Waals surface area contributed by atoms with E-state index in [1.165, 1.54) is 53.9 Å². The molecule has 4 rings (SSSR count). The van der Waals surface area contributed by atoms with Gasteiger partial charge in [0.15, 0.2) is 5.82 Å². The van der Waals surface area contributed by atoms with E-state index in [1.807, 2.05) is 0 Å². The van der Waals surface area contributed by atoms with Gasteiger partial charge in [-0.3, -0.25) is 9.10 Å². The van der Waals surface area contributed by atoms with Crippen LogP contribution in [-0.4, -0.2) is 40.6 Å². The zero-order valence-electron chi connectivity index (χ0n) is 20.8. The fourth-order valence-corrected chi connectivity index (χ4v) is 6.20. The third-order valence-corrected chi connectivity index (χ3v) is 8.18. The Bertz CT molecular complexity index is 1490. The van der Waals surface area contributed by atoms with E-state index in [9.17, 15) is 22.4 Å².